The van der Waals surface area contributed by atoms with Crippen molar-refractivity contribution in [2.75, 3.05) is 20.2 Å². The molecule has 1 saturated carbocycles. The van der Waals surface area contributed by atoms with E-state index < -0.39 is 6.10 Å². The second-order valence-corrected chi connectivity index (χ2v) is 6.92. The molecule has 1 aromatic rings. The van der Waals surface area contributed by atoms with Gasteiger partial charge in [0, 0.05) is 12.6 Å². The van der Waals surface area contributed by atoms with Gasteiger partial charge in [0.25, 0.3) is 0 Å². The summed E-state index contributed by atoms with van der Waals surface area (Å²) in [5, 5.41) is 10.3. The quantitative estimate of drug-likeness (QED) is 0.871. The summed E-state index contributed by atoms with van der Waals surface area (Å²) in [4.78, 5) is 2.31. The van der Waals surface area contributed by atoms with Crippen LogP contribution in [-0.2, 0) is 0 Å². The van der Waals surface area contributed by atoms with Gasteiger partial charge in [0.1, 0.15) is 18.5 Å². The van der Waals surface area contributed by atoms with Crippen LogP contribution in [0.3, 0.4) is 0 Å². The third kappa shape index (κ3) is 4.72. The van der Waals surface area contributed by atoms with Gasteiger partial charge >= 0.3 is 0 Å². The average Bonchev–Trinajstić information content (AvgIpc) is 2.47. The second-order valence-electron chi connectivity index (χ2n) is 6.92. The SMILES string of the molecule is Cc1cc(C)c(OC[C@@H](O)CN(C)C2CCCCC2)c(C)c1. The maximum atomic E-state index is 10.3. The molecule has 3 nitrogen and oxygen atoms in total. The molecule has 0 amide bonds. The van der Waals surface area contributed by atoms with Crippen LogP contribution in [0.15, 0.2) is 12.1 Å². The molecule has 22 heavy (non-hydrogen) atoms. The number of nitrogens with zero attached hydrogens (tertiary/aromatic N) is 1. The average molecular weight is 305 g/mol. The van der Waals surface area contributed by atoms with Gasteiger partial charge in [-0.25, -0.2) is 0 Å². The molecule has 1 aromatic carbocycles. The van der Waals surface area contributed by atoms with Crippen LogP contribution < -0.4 is 4.74 Å². The van der Waals surface area contributed by atoms with E-state index in [2.05, 4.69) is 44.9 Å². The lowest BCUT2D eigenvalue weighted by Gasteiger charge is -2.32. The highest BCUT2D eigenvalue weighted by Gasteiger charge is 2.20. The van der Waals surface area contributed by atoms with E-state index >= 15 is 0 Å². The number of aliphatic hydroxyl groups is 1. The predicted octanol–water partition coefficient (Wildman–Crippen LogP) is 3.62. The first-order valence-electron chi connectivity index (χ1n) is 8.56. The molecule has 124 valence electrons. The number of benzene rings is 1. The summed E-state index contributed by atoms with van der Waals surface area (Å²) in [5.41, 5.74) is 3.54. The Morgan fingerprint density at radius 1 is 1.14 bits per heavy atom. The van der Waals surface area contributed by atoms with Crippen LogP contribution in [0.4, 0.5) is 0 Å². The van der Waals surface area contributed by atoms with Gasteiger partial charge in [0.15, 0.2) is 0 Å². The Labute approximate surface area is 135 Å². The number of aliphatic hydroxyl groups excluding tert-OH is 1. The Hall–Kier alpha value is -1.06. The fourth-order valence-electron chi connectivity index (χ4n) is 3.63. The zero-order valence-electron chi connectivity index (χ0n) is 14.6. The van der Waals surface area contributed by atoms with E-state index in [1.165, 1.54) is 37.7 Å². The van der Waals surface area contributed by atoms with Crippen molar-refractivity contribution in [3.05, 3.63) is 28.8 Å². The number of hydrogen-bond acceptors (Lipinski definition) is 3. The van der Waals surface area contributed by atoms with Crippen molar-refractivity contribution in [1.29, 1.82) is 0 Å². The first kappa shape index (κ1) is 17.3. The topological polar surface area (TPSA) is 32.7 Å². The van der Waals surface area contributed by atoms with Gasteiger partial charge in [-0.3, -0.25) is 0 Å². The smallest absolute Gasteiger partial charge is 0.125 e. The van der Waals surface area contributed by atoms with E-state index in [9.17, 15) is 5.11 Å². The Bertz CT molecular complexity index is 457. The molecule has 1 atom stereocenters. The summed E-state index contributed by atoms with van der Waals surface area (Å²) in [7, 11) is 2.13. The summed E-state index contributed by atoms with van der Waals surface area (Å²) < 4.78 is 5.90. The fourth-order valence-corrected chi connectivity index (χ4v) is 3.63. The minimum absolute atomic E-state index is 0.363. The highest BCUT2D eigenvalue weighted by molar-refractivity contribution is 5.42. The first-order chi connectivity index (χ1) is 10.5. The maximum Gasteiger partial charge on any atom is 0.125 e. The van der Waals surface area contributed by atoms with Crippen molar-refractivity contribution in [2.45, 2.75) is 65.0 Å². The largest absolute Gasteiger partial charge is 0.490 e. The molecule has 0 bridgehead atoms. The standard InChI is InChI=1S/C19H31NO2/c1-14-10-15(2)19(16(3)11-14)22-13-18(21)12-20(4)17-8-6-5-7-9-17/h10-11,17-18,21H,5-9,12-13H2,1-4H3/t18-/m0/s1. The van der Waals surface area contributed by atoms with Crippen LogP contribution in [0.25, 0.3) is 0 Å². The highest BCUT2D eigenvalue weighted by atomic mass is 16.5. The van der Waals surface area contributed by atoms with Crippen molar-refractivity contribution < 1.29 is 9.84 Å². The van der Waals surface area contributed by atoms with E-state index in [1.807, 2.05) is 0 Å². The summed E-state index contributed by atoms with van der Waals surface area (Å²) in [6.07, 6.45) is 6.10. The van der Waals surface area contributed by atoms with Gasteiger partial charge in [-0.1, -0.05) is 37.0 Å². The molecular formula is C19H31NO2. The van der Waals surface area contributed by atoms with Crippen molar-refractivity contribution >= 4 is 0 Å². The van der Waals surface area contributed by atoms with E-state index in [0.29, 0.717) is 19.2 Å². The van der Waals surface area contributed by atoms with Crippen LogP contribution in [-0.4, -0.2) is 42.4 Å². The van der Waals surface area contributed by atoms with E-state index in [1.54, 1.807) is 0 Å². The molecule has 1 fully saturated rings. The number of ether oxygens (including phenoxy) is 1. The number of likely N-dealkylation sites (N-methyl/N-ethyl adjacent to an activating group) is 1. The van der Waals surface area contributed by atoms with Crippen LogP contribution in [0, 0.1) is 20.8 Å². The third-order valence-corrected chi connectivity index (χ3v) is 4.72. The van der Waals surface area contributed by atoms with Gasteiger partial charge < -0.3 is 14.7 Å². The molecule has 0 radical (unpaired) electrons. The fraction of sp³-hybridized carbons (Fsp3) is 0.684. The van der Waals surface area contributed by atoms with E-state index in [0.717, 1.165) is 16.9 Å². The molecule has 3 heteroatoms. The van der Waals surface area contributed by atoms with E-state index in [4.69, 9.17) is 4.74 Å². The number of rotatable bonds is 6. The summed E-state index contributed by atoms with van der Waals surface area (Å²) >= 11 is 0. The Kier molecular flexibility index (Phi) is 6.27. The third-order valence-electron chi connectivity index (χ3n) is 4.72. The molecule has 1 N–H and O–H groups in total. The Morgan fingerprint density at radius 2 is 1.73 bits per heavy atom. The van der Waals surface area contributed by atoms with Gasteiger partial charge in [0.05, 0.1) is 0 Å². The highest BCUT2D eigenvalue weighted by Crippen LogP contribution is 2.25. The molecule has 0 aromatic heterocycles. The lowest BCUT2D eigenvalue weighted by molar-refractivity contribution is 0.0558. The summed E-state index contributed by atoms with van der Waals surface area (Å²) in [6.45, 7) is 7.28. The minimum atomic E-state index is -0.438. The Balaban J connectivity index is 1.83. The molecule has 0 heterocycles. The van der Waals surface area contributed by atoms with Crippen LogP contribution in [0.2, 0.25) is 0 Å². The van der Waals surface area contributed by atoms with Gasteiger partial charge in [-0.2, -0.15) is 0 Å². The van der Waals surface area contributed by atoms with Crippen molar-refractivity contribution in [3.8, 4) is 5.75 Å². The van der Waals surface area contributed by atoms with Crippen molar-refractivity contribution in [3.63, 3.8) is 0 Å². The van der Waals surface area contributed by atoms with Crippen LogP contribution >= 0.6 is 0 Å². The lowest BCUT2D eigenvalue weighted by Crippen LogP contribution is -2.40. The maximum absolute atomic E-state index is 10.3. The van der Waals surface area contributed by atoms with Gasteiger partial charge in [-0.05, 0) is 51.8 Å². The normalized spacial score (nSPS) is 17.7. The molecule has 0 saturated heterocycles. The van der Waals surface area contributed by atoms with Crippen molar-refractivity contribution in [2.24, 2.45) is 0 Å². The molecule has 2 rings (SSSR count). The summed E-state index contributed by atoms with van der Waals surface area (Å²) in [6, 6.07) is 4.89. The molecule has 0 unspecified atom stereocenters. The predicted molar refractivity (Wildman–Crippen MR) is 91.7 cm³/mol. The zero-order valence-corrected chi connectivity index (χ0v) is 14.6. The molecular weight excluding hydrogens is 274 g/mol. The van der Waals surface area contributed by atoms with Crippen molar-refractivity contribution in [1.82, 2.24) is 4.90 Å². The second kappa shape index (κ2) is 7.98. The van der Waals surface area contributed by atoms with Crippen LogP contribution in [0.5, 0.6) is 5.75 Å². The van der Waals surface area contributed by atoms with Gasteiger partial charge in [0.2, 0.25) is 0 Å². The molecule has 0 aliphatic heterocycles. The lowest BCUT2D eigenvalue weighted by atomic mass is 9.94. The minimum Gasteiger partial charge on any atom is -0.490 e. The van der Waals surface area contributed by atoms with Crippen LogP contribution in [0.1, 0.15) is 48.8 Å². The number of hydrogen-bond donors (Lipinski definition) is 1. The molecule has 1 aliphatic carbocycles. The number of aryl methyl sites for hydroxylation is 3. The zero-order chi connectivity index (χ0) is 16.1. The monoisotopic (exact) mass is 305 g/mol. The molecule has 0 spiro atoms. The van der Waals surface area contributed by atoms with Gasteiger partial charge in [-0.15, -0.1) is 0 Å². The summed E-state index contributed by atoms with van der Waals surface area (Å²) in [5.74, 6) is 0.921. The Morgan fingerprint density at radius 3 is 2.32 bits per heavy atom. The van der Waals surface area contributed by atoms with E-state index in [-0.39, 0.29) is 0 Å². The molecule has 1 aliphatic rings. The first-order valence-corrected chi connectivity index (χ1v) is 8.56.